The van der Waals surface area contributed by atoms with Crippen LogP contribution in [0.4, 0.5) is 0 Å². The number of hydrogen-bond acceptors (Lipinski definition) is 4. The molecule has 2 aliphatic heterocycles. The molecule has 2 amide bonds. The average molecular weight is 580 g/mol. The molecule has 2 saturated heterocycles. The average Bonchev–Trinajstić information content (AvgIpc) is 3.22. The molecule has 7 nitrogen and oxygen atoms in total. The second-order valence-electron chi connectivity index (χ2n) is 9.69. The Kier molecular flexibility index (Phi) is 9.60. The predicted octanol–water partition coefficient (Wildman–Crippen LogP) is 4.97. The zero-order valence-electron chi connectivity index (χ0n) is 21.4. The highest BCUT2D eigenvalue weighted by atomic mass is 35.5. The van der Waals surface area contributed by atoms with Gasteiger partial charge in [0.05, 0.1) is 13.2 Å². The summed E-state index contributed by atoms with van der Waals surface area (Å²) in [7, 11) is 1.62. The summed E-state index contributed by atoms with van der Waals surface area (Å²) in [5.74, 6) is 0.124. The van der Waals surface area contributed by atoms with Crippen molar-refractivity contribution in [1.29, 1.82) is 0 Å². The van der Waals surface area contributed by atoms with Gasteiger partial charge in [0.2, 0.25) is 5.91 Å². The molecular formula is C28H33Cl3N4O3. The minimum absolute atomic E-state index is 0. The molecule has 3 heterocycles. The highest BCUT2D eigenvalue weighted by molar-refractivity contribution is 6.36. The number of hydrogen-bond donors (Lipinski definition) is 1. The Morgan fingerprint density at radius 2 is 1.63 bits per heavy atom. The third-order valence-electron chi connectivity index (χ3n) is 7.53. The summed E-state index contributed by atoms with van der Waals surface area (Å²) < 4.78 is 7.37. The van der Waals surface area contributed by atoms with Crippen LogP contribution in [0.5, 0.6) is 0 Å². The van der Waals surface area contributed by atoms with Gasteiger partial charge in [-0.1, -0.05) is 47.5 Å². The van der Waals surface area contributed by atoms with Gasteiger partial charge in [-0.25, -0.2) is 0 Å². The maximum absolute atomic E-state index is 13.9. The number of carbonyl (C=O) groups excluding carboxylic acids is 2. The third kappa shape index (κ3) is 5.82. The Labute approximate surface area is 239 Å². The van der Waals surface area contributed by atoms with E-state index in [1.54, 1.807) is 7.05 Å². The smallest absolute Gasteiger partial charge is 0.271 e. The first-order valence-corrected chi connectivity index (χ1v) is 13.6. The third-order valence-corrected chi connectivity index (χ3v) is 8.19. The molecule has 0 atom stereocenters. The van der Waals surface area contributed by atoms with Gasteiger partial charge in [0, 0.05) is 53.2 Å². The second-order valence-corrected chi connectivity index (χ2v) is 10.5. The van der Waals surface area contributed by atoms with Gasteiger partial charge in [-0.05, 0) is 55.6 Å². The molecule has 1 aromatic heterocycles. The van der Waals surface area contributed by atoms with Crippen molar-refractivity contribution in [3.05, 3.63) is 69.3 Å². The quantitative estimate of drug-likeness (QED) is 0.448. The van der Waals surface area contributed by atoms with Gasteiger partial charge in [0.1, 0.15) is 12.2 Å². The van der Waals surface area contributed by atoms with Crippen molar-refractivity contribution in [1.82, 2.24) is 19.7 Å². The zero-order valence-corrected chi connectivity index (χ0v) is 23.7. The van der Waals surface area contributed by atoms with Crippen molar-refractivity contribution >= 4 is 58.3 Å². The number of likely N-dealkylation sites (tertiary alicyclic amines) is 1. The number of morpholine rings is 1. The molecule has 0 radical (unpaired) electrons. The van der Waals surface area contributed by atoms with E-state index in [1.807, 2.05) is 45.9 Å². The van der Waals surface area contributed by atoms with Gasteiger partial charge in [-0.2, -0.15) is 0 Å². The lowest BCUT2D eigenvalue weighted by Gasteiger charge is -2.33. The molecule has 1 N–H and O–H groups in total. The predicted molar refractivity (Wildman–Crippen MR) is 154 cm³/mol. The lowest BCUT2D eigenvalue weighted by Crippen LogP contribution is -2.42. The molecule has 38 heavy (non-hydrogen) atoms. The van der Waals surface area contributed by atoms with Gasteiger partial charge in [-0.3, -0.25) is 14.5 Å². The first-order chi connectivity index (χ1) is 18.0. The Morgan fingerprint density at radius 3 is 2.29 bits per heavy atom. The van der Waals surface area contributed by atoms with Crippen LogP contribution in [0, 0.1) is 0 Å². The molecule has 5 rings (SSSR count). The number of fused-ring (bicyclic) bond motifs is 1. The summed E-state index contributed by atoms with van der Waals surface area (Å²) in [6, 6.07) is 13.7. The molecule has 0 saturated carbocycles. The normalized spacial score (nSPS) is 16.9. The number of nitrogens with zero attached hydrogens (tertiary/aromatic N) is 3. The number of rotatable bonds is 6. The van der Waals surface area contributed by atoms with Gasteiger partial charge >= 0.3 is 0 Å². The van der Waals surface area contributed by atoms with Crippen LogP contribution in [0.15, 0.2) is 42.5 Å². The fraction of sp³-hybridized carbons (Fsp3) is 0.429. The summed E-state index contributed by atoms with van der Waals surface area (Å²) in [6.07, 6.45) is 1.88. The van der Waals surface area contributed by atoms with Crippen molar-refractivity contribution in [3.8, 4) is 0 Å². The lowest BCUT2D eigenvalue weighted by atomic mass is 9.89. The van der Waals surface area contributed by atoms with Gasteiger partial charge in [-0.15, -0.1) is 12.4 Å². The second kappa shape index (κ2) is 12.7. The lowest BCUT2D eigenvalue weighted by molar-refractivity contribution is -0.121. The molecule has 0 spiro atoms. The van der Waals surface area contributed by atoms with Crippen LogP contribution in [0.1, 0.15) is 40.4 Å². The number of benzene rings is 2. The van der Waals surface area contributed by atoms with Crippen molar-refractivity contribution in [2.24, 2.45) is 0 Å². The summed E-state index contributed by atoms with van der Waals surface area (Å²) >= 11 is 13.0. The molecular weight excluding hydrogens is 547 g/mol. The number of carbonyl (C=O) groups is 2. The van der Waals surface area contributed by atoms with Crippen LogP contribution < -0.4 is 5.32 Å². The highest BCUT2D eigenvalue weighted by Crippen LogP contribution is 2.38. The Bertz CT molecular complexity index is 1280. The number of piperidine rings is 1. The van der Waals surface area contributed by atoms with E-state index in [4.69, 9.17) is 27.9 Å². The Balaban J connectivity index is 0.00000336. The molecule has 10 heteroatoms. The minimum Gasteiger partial charge on any atom is -0.378 e. The summed E-state index contributed by atoms with van der Waals surface area (Å²) in [5, 5.41) is 5.17. The van der Waals surface area contributed by atoms with Crippen LogP contribution in [-0.4, -0.2) is 72.6 Å². The number of halogens is 3. The maximum atomic E-state index is 13.9. The topological polar surface area (TPSA) is 66.8 Å². The molecule has 0 bridgehead atoms. The van der Waals surface area contributed by atoms with E-state index >= 15 is 0 Å². The SMILES string of the molecule is CNC(=O)Cn1c(C(=O)N2CCOCC2)c(CN2CCC(c3c(Cl)cccc3Cl)CC2)c2ccccc21.Cl. The fourth-order valence-corrected chi connectivity index (χ4v) is 6.29. The summed E-state index contributed by atoms with van der Waals surface area (Å²) in [4.78, 5) is 30.6. The summed E-state index contributed by atoms with van der Waals surface area (Å²) in [5.41, 5.74) is 3.51. The molecule has 2 fully saturated rings. The molecule has 0 unspecified atom stereocenters. The molecule has 2 aromatic carbocycles. The van der Waals surface area contributed by atoms with E-state index in [-0.39, 0.29) is 30.8 Å². The van der Waals surface area contributed by atoms with E-state index in [0.717, 1.165) is 58.0 Å². The van der Waals surface area contributed by atoms with E-state index in [9.17, 15) is 9.59 Å². The molecule has 2 aliphatic rings. The standard InChI is InChI=1S/C28H32Cl2N4O3.ClH/c1-31-25(35)18-34-24-8-3-2-5-20(24)21(27(34)28(36)33-13-15-37-16-14-33)17-32-11-9-19(10-12-32)26-22(29)6-4-7-23(26)30;/h2-8,19H,9-18H2,1H3,(H,31,35);1H. The van der Waals surface area contributed by atoms with Crippen LogP contribution in [-0.2, 0) is 22.6 Å². The highest BCUT2D eigenvalue weighted by Gasteiger charge is 2.31. The fourth-order valence-electron chi connectivity index (χ4n) is 5.59. The molecule has 204 valence electrons. The first kappa shape index (κ1) is 28.7. The van der Waals surface area contributed by atoms with E-state index in [1.165, 1.54) is 0 Å². The van der Waals surface area contributed by atoms with Crippen LogP contribution >= 0.6 is 35.6 Å². The van der Waals surface area contributed by atoms with Crippen LogP contribution in [0.25, 0.3) is 10.9 Å². The van der Waals surface area contributed by atoms with Crippen molar-refractivity contribution in [2.75, 3.05) is 46.4 Å². The van der Waals surface area contributed by atoms with Gasteiger partial charge in [0.15, 0.2) is 0 Å². The number of nitrogens with one attached hydrogen (secondary N) is 1. The number of amides is 2. The zero-order chi connectivity index (χ0) is 25.9. The number of aromatic nitrogens is 1. The van der Waals surface area contributed by atoms with E-state index < -0.39 is 0 Å². The van der Waals surface area contributed by atoms with E-state index in [0.29, 0.717) is 44.5 Å². The largest absolute Gasteiger partial charge is 0.378 e. The first-order valence-electron chi connectivity index (χ1n) is 12.8. The molecule has 3 aromatic rings. The van der Waals surface area contributed by atoms with Crippen molar-refractivity contribution in [3.63, 3.8) is 0 Å². The summed E-state index contributed by atoms with van der Waals surface area (Å²) in [6.45, 7) is 4.60. The van der Waals surface area contributed by atoms with Crippen LogP contribution in [0.2, 0.25) is 10.0 Å². The van der Waals surface area contributed by atoms with Crippen LogP contribution in [0.3, 0.4) is 0 Å². The number of para-hydroxylation sites is 1. The van der Waals surface area contributed by atoms with Gasteiger partial charge < -0.3 is 19.5 Å². The van der Waals surface area contributed by atoms with Gasteiger partial charge in [0.25, 0.3) is 5.91 Å². The van der Waals surface area contributed by atoms with E-state index in [2.05, 4.69) is 16.3 Å². The molecule has 0 aliphatic carbocycles. The van der Waals surface area contributed by atoms with Crippen molar-refractivity contribution in [2.45, 2.75) is 31.8 Å². The number of likely N-dealkylation sites (N-methyl/N-ethyl adjacent to an activating group) is 1. The number of ether oxygens (including phenoxy) is 1. The van der Waals surface area contributed by atoms with Crippen molar-refractivity contribution < 1.29 is 14.3 Å². The monoisotopic (exact) mass is 578 g/mol. The minimum atomic E-state index is -0.138. The maximum Gasteiger partial charge on any atom is 0.271 e. The Morgan fingerprint density at radius 1 is 0.974 bits per heavy atom. The Hall–Kier alpha value is -2.29.